The van der Waals surface area contributed by atoms with Crippen LogP contribution in [0.4, 0.5) is 0 Å². The minimum atomic E-state index is -1.03. The number of nitrogens with one attached hydrogen (secondary N) is 2. The maximum absolute atomic E-state index is 9.69. The number of hydrogen-bond donors (Lipinski definition) is 4. The molecule has 5 N–H and O–H groups in total. The SMILES string of the molecule is N#Cc1ccccc1.N=C(N)NCC(=O)O. The fourth-order valence-corrected chi connectivity index (χ4v) is 0.684. The molecule has 0 aliphatic carbocycles. The van der Waals surface area contributed by atoms with Gasteiger partial charge in [0.05, 0.1) is 11.6 Å². The predicted octanol–water partition coefficient (Wildman–Crippen LogP) is 0.112. The lowest BCUT2D eigenvalue weighted by atomic mass is 10.2. The van der Waals surface area contributed by atoms with Crippen LogP contribution < -0.4 is 11.1 Å². The lowest BCUT2D eigenvalue weighted by Gasteiger charge is -1.95. The summed E-state index contributed by atoms with van der Waals surface area (Å²) >= 11 is 0. The molecule has 6 heteroatoms. The van der Waals surface area contributed by atoms with Gasteiger partial charge in [-0.05, 0) is 12.1 Å². The van der Waals surface area contributed by atoms with Gasteiger partial charge in [0.1, 0.15) is 6.54 Å². The Bertz CT molecular complexity index is 370. The Kier molecular flexibility index (Phi) is 6.57. The number of rotatable bonds is 2. The van der Waals surface area contributed by atoms with Gasteiger partial charge in [-0.3, -0.25) is 10.2 Å². The van der Waals surface area contributed by atoms with Crippen LogP contribution in [0.5, 0.6) is 0 Å². The molecule has 0 heterocycles. The van der Waals surface area contributed by atoms with Crippen LogP contribution in [0.15, 0.2) is 30.3 Å². The minimum Gasteiger partial charge on any atom is -0.480 e. The number of nitriles is 1. The lowest BCUT2D eigenvalue weighted by molar-refractivity contribution is -0.135. The zero-order valence-corrected chi connectivity index (χ0v) is 8.47. The number of nitrogens with zero attached hydrogens (tertiary/aromatic N) is 1. The standard InChI is InChI=1S/C7H5N.C3H7N3O2/c8-6-7-4-2-1-3-5-7;4-3(5)6-1-2(7)8/h1-5H;1H2,(H,7,8)(H4,4,5,6). The van der Waals surface area contributed by atoms with Crippen LogP contribution in [-0.2, 0) is 4.79 Å². The minimum absolute atomic E-state index is 0.296. The summed E-state index contributed by atoms with van der Waals surface area (Å²) in [5.41, 5.74) is 5.46. The molecule has 0 saturated heterocycles. The first-order chi connectivity index (χ1) is 7.56. The Morgan fingerprint density at radius 3 is 2.31 bits per heavy atom. The first-order valence-corrected chi connectivity index (χ1v) is 4.31. The molecular weight excluding hydrogens is 208 g/mol. The number of nitrogens with two attached hydrogens (primary N) is 1. The molecule has 1 rings (SSSR count). The normalized spacial score (nSPS) is 7.94. The van der Waals surface area contributed by atoms with Crippen molar-refractivity contribution in [2.75, 3.05) is 6.54 Å². The number of carbonyl (C=O) groups is 1. The van der Waals surface area contributed by atoms with Crippen LogP contribution >= 0.6 is 0 Å². The summed E-state index contributed by atoms with van der Waals surface area (Å²) in [5, 5.41) is 24.8. The highest BCUT2D eigenvalue weighted by Crippen LogP contribution is 1.93. The van der Waals surface area contributed by atoms with E-state index in [1.54, 1.807) is 12.1 Å². The Hall–Kier alpha value is -2.55. The van der Waals surface area contributed by atoms with Gasteiger partial charge in [-0.15, -0.1) is 0 Å². The number of benzene rings is 1. The van der Waals surface area contributed by atoms with Crippen LogP contribution in [0.1, 0.15) is 5.56 Å². The maximum Gasteiger partial charge on any atom is 0.322 e. The molecule has 84 valence electrons. The highest BCUT2D eigenvalue weighted by molar-refractivity contribution is 5.79. The number of hydrogen-bond acceptors (Lipinski definition) is 3. The van der Waals surface area contributed by atoms with E-state index >= 15 is 0 Å². The number of guanidine groups is 1. The molecule has 0 fully saturated rings. The van der Waals surface area contributed by atoms with Gasteiger partial charge in [0.25, 0.3) is 0 Å². The summed E-state index contributed by atoms with van der Waals surface area (Å²) in [4.78, 5) is 9.69. The lowest BCUT2D eigenvalue weighted by Crippen LogP contribution is -2.34. The molecule has 0 saturated carbocycles. The zero-order chi connectivity index (χ0) is 12.4. The molecule has 0 amide bonds. The van der Waals surface area contributed by atoms with Crippen LogP contribution in [0.3, 0.4) is 0 Å². The fraction of sp³-hybridized carbons (Fsp3) is 0.100. The van der Waals surface area contributed by atoms with E-state index in [-0.39, 0.29) is 12.5 Å². The Labute approximate surface area is 92.8 Å². The van der Waals surface area contributed by atoms with E-state index in [9.17, 15) is 4.79 Å². The Morgan fingerprint density at radius 2 is 2.06 bits per heavy atom. The van der Waals surface area contributed by atoms with Crippen LogP contribution in [0.2, 0.25) is 0 Å². The summed E-state index contributed by atoms with van der Waals surface area (Å²) in [6, 6.07) is 11.2. The van der Waals surface area contributed by atoms with Crippen molar-refractivity contribution in [2.24, 2.45) is 5.73 Å². The highest BCUT2D eigenvalue weighted by atomic mass is 16.4. The first kappa shape index (κ1) is 13.4. The third-order valence-corrected chi connectivity index (χ3v) is 1.33. The van der Waals surface area contributed by atoms with E-state index in [2.05, 4.69) is 5.32 Å². The molecule has 1 aromatic carbocycles. The number of carboxylic acid groups (broad SMARTS) is 1. The average Bonchev–Trinajstić information content (AvgIpc) is 2.28. The molecule has 0 aromatic heterocycles. The van der Waals surface area contributed by atoms with Crippen molar-refractivity contribution >= 4 is 11.9 Å². The third-order valence-electron chi connectivity index (χ3n) is 1.33. The number of carboxylic acids is 1. The Morgan fingerprint density at radius 1 is 1.50 bits per heavy atom. The van der Waals surface area contributed by atoms with Gasteiger partial charge >= 0.3 is 5.97 Å². The Balaban J connectivity index is 0.000000281. The summed E-state index contributed by atoms with van der Waals surface area (Å²) in [6.45, 7) is -0.296. The van der Waals surface area contributed by atoms with Crippen LogP contribution in [0.25, 0.3) is 0 Å². The zero-order valence-electron chi connectivity index (χ0n) is 8.47. The summed E-state index contributed by atoms with van der Waals surface area (Å²) < 4.78 is 0. The topological polar surface area (TPSA) is 123 Å². The second-order valence-corrected chi connectivity index (χ2v) is 2.64. The second-order valence-electron chi connectivity index (χ2n) is 2.64. The summed E-state index contributed by atoms with van der Waals surface area (Å²) in [7, 11) is 0. The first-order valence-electron chi connectivity index (χ1n) is 4.31. The molecule has 0 unspecified atom stereocenters. The van der Waals surface area contributed by atoms with Crippen LogP contribution in [-0.4, -0.2) is 23.6 Å². The largest absolute Gasteiger partial charge is 0.480 e. The predicted molar refractivity (Wildman–Crippen MR) is 58.7 cm³/mol. The van der Waals surface area contributed by atoms with E-state index in [1.165, 1.54) is 0 Å². The van der Waals surface area contributed by atoms with Crippen molar-refractivity contribution < 1.29 is 9.90 Å². The molecule has 0 spiro atoms. The molecule has 0 radical (unpaired) electrons. The second kappa shape index (κ2) is 7.82. The highest BCUT2D eigenvalue weighted by Gasteiger charge is 1.92. The molecule has 16 heavy (non-hydrogen) atoms. The fourth-order valence-electron chi connectivity index (χ4n) is 0.684. The molecular formula is C10H12N4O2. The summed E-state index contributed by atoms with van der Waals surface area (Å²) in [6.07, 6.45) is 0. The van der Waals surface area contributed by atoms with E-state index in [1.807, 2.05) is 24.3 Å². The van der Waals surface area contributed by atoms with Gasteiger partial charge in [0.15, 0.2) is 5.96 Å². The average molecular weight is 220 g/mol. The molecule has 0 aliphatic heterocycles. The van der Waals surface area contributed by atoms with Gasteiger partial charge in [0.2, 0.25) is 0 Å². The smallest absolute Gasteiger partial charge is 0.322 e. The maximum atomic E-state index is 9.69. The quantitative estimate of drug-likeness (QED) is 0.416. The molecule has 0 bridgehead atoms. The number of aliphatic carboxylic acids is 1. The van der Waals surface area contributed by atoms with Gasteiger partial charge in [-0.2, -0.15) is 5.26 Å². The van der Waals surface area contributed by atoms with Crippen LogP contribution in [0, 0.1) is 16.7 Å². The van der Waals surface area contributed by atoms with Gasteiger partial charge in [0, 0.05) is 0 Å². The van der Waals surface area contributed by atoms with Gasteiger partial charge in [-0.1, -0.05) is 18.2 Å². The van der Waals surface area contributed by atoms with Crippen molar-refractivity contribution in [3.05, 3.63) is 35.9 Å². The van der Waals surface area contributed by atoms with Crippen molar-refractivity contribution in [1.82, 2.24) is 5.32 Å². The third kappa shape index (κ3) is 8.07. The van der Waals surface area contributed by atoms with E-state index in [4.69, 9.17) is 21.5 Å². The molecule has 6 nitrogen and oxygen atoms in total. The van der Waals surface area contributed by atoms with Gasteiger partial charge in [-0.25, -0.2) is 0 Å². The van der Waals surface area contributed by atoms with Crippen molar-refractivity contribution in [3.8, 4) is 6.07 Å². The van der Waals surface area contributed by atoms with Crippen molar-refractivity contribution in [1.29, 1.82) is 10.7 Å². The molecule has 0 aliphatic rings. The molecule has 1 aromatic rings. The van der Waals surface area contributed by atoms with Crippen molar-refractivity contribution in [3.63, 3.8) is 0 Å². The monoisotopic (exact) mass is 220 g/mol. The van der Waals surface area contributed by atoms with E-state index < -0.39 is 5.97 Å². The van der Waals surface area contributed by atoms with Crippen molar-refractivity contribution in [2.45, 2.75) is 0 Å². The summed E-state index contributed by atoms with van der Waals surface area (Å²) in [5.74, 6) is -1.35. The molecule has 0 atom stereocenters. The van der Waals surface area contributed by atoms with E-state index in [0.717, 1.165) is 0 Å². The van der Waals surface area contributed by atoms with E-state index in [0.29, 0.717) is 5.56 Å². The van der Waals surface area contributed by atoms with Gasteiger partial charge < -0.3 is 16.2 Å².